The number of rotatable bonds is 6. The zero-order valence-electron chi connectivity index (χ0n) is 12.7. The van der Waals surface area contributed by atoms with Crippen LogP contribution >= 0.6 is 11.6 Å². The van der Waals surface area contributed by atoms with E-state index in [0.717, 1.165) is 0 Å². The van der Waals surface area contributed by atoms with Gasteiger partial charge < -0.3 is 24.8 Å². The van der Waals surface area contributed by atoms with Crippen LogP contribution in [0.4, 0.5) is 20.2 Å². The molecule has 1 heterocycles. The lowest BCUT2D eigenvalue weighted by Gasteiger charge is -2.11. The first kappa shape index (κ1) is 17.1. The average molecular weight is 371 g/mol. The molecular formula is C16H13ClF2N2O4. The predicted molar refractivity (Wildman–Crippen MR) is 87.8 cm³/mol. The first-order chi connectivity index (χ1) is 12.0. The van der Waals surface area contributed by atoms with Crippen LogP contribution in [0.15, 0.2) is 36.4 Å². The number of amides is 1. The van der Waals surface area contributed by atoms with E-state index in [1.54, 1.807) is 18.2 Å². The number of fused-ring (bicyclic) bond motifs is 1. The summed E-state index contributed by atoms with van der Waals surface area (Å²) >= 11 is 5.85. The van der Waals surface area contributed by atoms with Crippen molar-refractivity contribution in [3.05, 3.63) is 41.4 Å². The highest BCUT2D eigenvalue weighted by Crippen LogP contribution is 2.34. The Morgan fingerprint density at radius 2 is 1.92 bits per heavy atom. The minimum absolute atomic E-state index is 0.0153. The van der Waals surface area contributed by atoms with E-state index in [9.17, 15) is 13.6 Å². The summed E-state index contributed by atoms with van der Waals surface area (Å²) in [5.41, 5.74) is 1.06. The molecule has 0 radical (unpaired) electrons. The second-order valence-corrected chi connectivity index (χ2v) is 5.40. The van der Waals surface area contributed by atoms with Crippen LogP contribution in [-0.4, -0.2) is 25.9 Å². The third kappa shape index (κ3) is 4.42. The van der Waals surface area contributed by atoms with Crippen molar-refractivity contribution in [2.24, 2.45) is 0 Å². The van der Waals surface area contributed by atoms with Gasteiger partial charge in [0.25, 0.3) is 0 Å². The number of anilines is 2. The fraction of sp³-hybridized carbons (Fsp3) is 0.188. The van der Waals surface area contributed by atoms with E-state index in [0.29, 0.717) is 22.9 Å². The molecule has 0 aromatic heterocycles. The molecule has 0 fully saturated rings. The van der Waals surface area contributed by atoms with Gasteiger partial charge in [-0.15, -0.1) is 0 Å². The van der Waals surface area contributed by atoms with Crippen molar-refractivity contribution in [1.29, 1.82) is 0 Å². The zero-order chi connectivity index (χ0) is 17.8. The van der Waals surface area contributed by atoms with Crippen LogP contribution in [0.3, 0.4) is 0 Å². The number of nitrogens with one attached hydrogen (secondary N) is 2. The molecule has 1 aliphatic rings. The lowest BCUT2D eigenvalue weighted by molar-refractivity contribution is -0.114. The molecule has 1 amide bonds. The van der Waals surface area contributed by atoms with E-state index in [1.807, 2.05) is 0 Å². The third-order valence-corrected chi connectivity index (χ3v) is 3.55. The van der Waals surface area contributed by atoms with Crippen molar-refractivity contribution in [3.63, 3.8) is 0 Å². The Morgan fingerprint density at radius 3 is 2.68 bits per heavy atom. The van der Waals surface area contributed by atoms with Crippen LogP contribution in [0.2, 0.25) is 5.02 Å². The number of carbonyl (C=O) groups excluding carboxylic acids is 1. The molecule has 0 spiro atoms. The van der Waals surface area contributed by atoms with E-state index in [2.05, 4.69) is 15.4 Å². The molecule has 0 saturated heterocycles. The molecule has 0 atom stereocenters. The standard InChI is InChI=1S/C16H13ClF2N2O4/c17-11-5-9(1-3-12(11)25-16(18)19)20-7-15(22)21-10-2-4-13-14(6-10)24-8-23-13/h1-6,16,20H,7-8H2,(H,21,22). The van der Waals surface area contributed by atoms with E-state index < -0.39 is 6.61 Å². The van der Waals surface area contributed by atoms with Gasteiger partial charge in [0.2, 0.25) is 12.7 Å². The second-order valence-electron chi connectivity index (χ2n) is 4.99. The maximum Gasteiger partial charge on any atom is 0.387 e. The average Bonchev–Trinajstić information content (AvgIpc) is 3.02. The Morgan fingerprint density at radius 1 is 1.16 bits per heavy atom. The van der Waals surface area contributed by atoms with E-state index in [1.165, 1.54) is 18.2 Å². The van der Waals surface area contributed by atoms with E-state index in [-0.39, 0.29) is 30.0 Å². The highest BCUT2D eigenvalue weighted by molar-refractivity contribution is 6.32. The summed E-state index contributed by atoms with van der Waals surface area (Å²) in [5.74, 6) is 0.749. The number of carbonyl (C=O) groups is 1. The van der Waals surface area contributed by atoms with Gasteiger partial charge in [-0.25, -0.2) is 0 Å². The lowest BCUT2D eigenvalue weighted by atomic mass is 10.2. The molecule has 0 aliphatic carbocycles. The number of ether oxygens (including phenoxy) is 3. The van der Waals surface area contributed by atoms with Crippen molar-refractivity contribution >= 4 is 28.9 Å². The highest BCUT2D eigenvalue weighted by Gasteiger charge is 2.14. The first-order valence-corrected chi connectivity index (χ1v) is 7.57. The van der Waals surface area contributed by atoms with Gasteiger partial charge in [-0.2, -0.15) is 8.78 Å². The Hall–Kier alpha value is -2.74. The van der Waals surface area contributed by atoms with Gasteiger partial charge in [0.1, 0.15) is 5.75 Å². The Labute approximate surface area is 146 Å². The van der Waals surface area contributed by atoms with Crippen LogP contribution in [0.1, 0.15) is 0 Å². The fourth-order valence-electron chi connectivity index (χ4n) is 2.16. The maximum atomic E-state index is 12.2. The minimum atomic E-state index is -2.95. The molecule has 3 rings (SSSR count). The molecule has 1 aliphatic heterocycles. The van der Waals surface area contributed by atoms with E-state index in [4.69, 9.17) is 21.1 Å². The lowest BCUT2D eigenvalue weighted by Crippen LogP contribution is -2.21. The molecule has 132 valence electrons. The van der Waals surface area contributed by atoms with Crippen LogP contribution in [-0.2, 0) is 4.79 Å². The topological polar surface area (TPSA) is 68.8 Å². The van der Waals surface area contributed by atoms with Crippen LogP contribution in [0.5, 0.6) is 17.2 Å². The van der Waals surface area contributed by atoms with Crippen molar-refractivity contribution in [2.75, 3.05) is 24.0 Å². The van der Waals surface area contributed by atoms with Gasteiger partial charge in [0, 0.05) is 17.4 Å². The van der Waals surface area contributed by atoms with Crippen LogP contribution in [0.25, 0.3) is 0 Å². The number of hydrogen-bond donors (Lipinski definition) is 2. The van der Waals surface area contributed by atoms with Crippen molar-refractivity contribution in [3.8, 4) is 17.2 Å². The molecule has 2 aromatic rings. The summed E-state index contributed by atoms with van der Waals surface area (Å²) in [7, 11) is 0. The second kappa shape index (κ2) is 7.43. The molecule has 0 bridgehead atoms. The van der Waals surface area contributed by atoms with Crippen LogP contribution in [0, 0.1) is 0 Å². The van der Waals surface area contributed by atoms with Crippen LogP contribution < -0.4 is 24.8 Å². The van der Waals surface area contributed by atoms with Gasteiger partial charge in [0.15, 0.2) is 11.5 Å². The summed E-state index contributed by atoms with van der Waals surface area (Å²) in [6, 6.07) is 9.23. The molecule has 0 saturated carbocycles. The van der Waals surface area contributed by atoms with Gasteiger partial charge in [-0.05, 0) is 30.3 Å². The van der Waals surface area contributed by atoms with Crippen molar-refractivity contribution in [2.45, 2.75) is 6.61 Å². The monoisotopic (exact) mass is 370 g/mol. The van der Waals surface area contributed by atoms with Crippen molar-refractivity contribution in [1.82, 2.24) is 0 Å². The van der Waals surface area contributed by atoms with Crippen molar-refractivity contribution < 1.29 is 27.8 Å². The molecular weight excluding hydrogens is 358 g/mol. The summed E-state index contributed by atoms with van der Waals surface area (Å²) in [5, 5.41) is 5.56. The number of halogens is 3. The number of hydrogen-bond acceptors (Lipinski definition) is 5. The Kier molecular flexibility index (Phi) is 5.08. The molecule has 25 heavy (non-hydrogen) atoms. The summed E-state index contributed by atoms with van der Waals surface area (Å²) in [6.07, 6.45) is 0. The summed E-state index contributed by atoms with van der Waals surface area (Å²) in [6.45, 7) is -2.84. The van der Waals surface area contributed by atoms with Gasteiger partial charge in [-0.1, -0.05) is 11.6 Å². The third-order valence-electron chi connectivity index (χ3n) is 3.26. The quantitative estimate of drug-likeness (QED) is 0.811. The van der Waals surface area contributed by atoms with E-state index >= 15 is 0 Å². The van der Waals surface area contributed by atoms with Gasteiger partial charge in [-0.3, -0.25) is 4.79 Å². The minimum Gasteiger partial charge on any atom is -0.454 e. The Bertz CT molecular complexity index is 789. The summed E-state index contributed by atoms with van der Waals surface area (Å²) in [4.78, 5) is 12.0. The largest absolute Gasteiger partial charge is 0.454 e. The molecule has 6 nitrogen and oxygen atoms in total. The molecule has 0 unspecified atom stereocenters. The highest BCUT2D eigenvalue weighted by atomic mass is 35.5. The molecule has 2 aromatic carbocycles. The zero-order valence-corrected chi connectivity index (χ0v) is 13.5. The fourth-order valence-corrected chi connectivity index (χ4v) is 2.39. The first-order valence-electron chi connectivity index (χ1n) is 7.19. The molecule has 9 heteroatoms. The van der Waals surface area contributed by atoms with Gasteiger partial charge >= 0.3 is 6.61 Å². The molecule has 2 N–H and O–H groups in total. The SMILES string of the molecule is O=C(CNc1ccc(OC(F)F)c(Cl)c1)Nc1ccc2c(c1)OCO2. The smallest absolute Gasteiger partial charge is 0.387 e. The summed E-state index contributed by atoms with van der Waals surface area (Å²) < 4.78 is 39.0. The Balaban J connectivity index is 1.54. The number of alkyl halides is 2. The van der Waals surface area contributed by atoms with Gasteiger partial charge in [0.05, 0.1) is 11.6 Å². The predicted octanol–water partition coefficient (Wildman–Crippen LogP) is 3.72. The normalized spacial score (nSPS) is 12.2. The maximum absolute atomic E-state index is 12.2. The number of benzene rings is 2.